The summed E-state index contributed by atoms with van der Waals surface area (Å²) in [5, 5.41) is 29.2. The van der Waals surface area contributed by atoms with Gasteiger partial charge in [-0.25, -0.2) is 4.79 Å². The zero-order chi connectivity index (χ0) is 14.4. The third-order valence-electron chi connectivity index (χ3n) is 3.41. The van der Waals surface area contributed by atoms with Gasteiger partial charge in [-0.1, -0.05) is 0 Å². The minimum Gasteiger partial charge on any atom is -0.394 e. The van der Waals surface area contributed by atoms with Gasteiger partial charge in [0.25, 0.3) is 5.56 Å². The van der Waals surface area contributed by atoms with E-state index in [1.165, 1.54) is 20.0 Å². The van der Waals surface area contributed by atoms with Crippen molar-refractivity contribution in [3.05, 3.63) is 32.6 Å². The van der Waals surface area contributed by atoms with E-state index in [4.69, 9.17) is 9.84 Å². The fraction of sp³-hybridized carbons (Fsp3) is 0.636. The summed E-state index contributed by atoms with van der Waals surface area (Å²) in [5.41, 5.74) is -2.71. The van der Waals surface area contributed by atoms with Gasteiger partial charge in [0.2, 0.25) is 0 Å². The maximum absolute atomic E-state index is 11.7. The summed E-state index contributed by atoms with van der Waals surface area (Å²) in [6.45, 7) is 2.30. The first kappa shape index (κ1) is 13.9. The maximum Gasteiger partial charge on any atom is 0.330 e. The van der Waals surface area contributed by atoms with Crippen LogP contribution in [-0.2, 0) is 4.74 Å². The highest BCUT2D eigenvalue weighted by Gasteiger charge is 2.52. The van der Waals surface area contributed by atoms with E-state index in [0.717, 1.165) is 4.57 Å². The van der Waals surface area contributed by atoms with E-state index in [0.29, 0.717) is 0 Å². The number of aromatic nitrogens is 2. The number of aliphatic hydroxyl groups excluding tert-OH is 2. The normalized spacial score (nSPS) is 34.7. The molecule has 8 nitrogen and oxygen atoms in total. The van der Waals surface area contributed by atoms with Crippen LogP contribution in [0.15, 0.2) is 15.8 Å². The van der Waals surface area contributed by atoms with Crippen molar-refractivity contribution in [2.24, 2.45) is 0 Å². The van der Waals surface area contributed by atoms with E-state index in [9.17, 15) is 19.8 Å². The second kappa shape index (κ2) is 4.57. The smallest absolute Gasteiger partial charge is 0.330 e. The number of hydrogen-bond acceptors (Lipinski definition) is 6. The van der Waals surface area contributed by atoms with Crippen molar-refractivity contribution in [2.45, 2.75) is 37.9 Å². The number of nitrogens with zero attached hydrogens (tertiary/aromatic N) is 1. The minimum atomic E-state index is -1.69. The Kier molecular flexibility index (Phi) is 3.35. The quantitative estimate of drug-likeness (QED) is 0.486. The van der Waals surface area contributed by atoms with Gasteiger partial charge in [0.15, 0.2) is 6.23 Å². The lowest BCUT2D eigenvalue weighted by Crippen LogP contribution is -2.47. The number of hydrogen-bond donors (Lipinski definition) is 4. The summed E-state index contributed by atoms with van der Waals surface area (Å²) >= 11 is 0. The zero-order valence-corrected chi connectivity index (χ0v) is 10.5. The van der Waals surface area contributed by atoms with Crippen LogP contribution in [0.3, 0.4) is 0 Å². The summed E-state index contributed by atoms with van der Waals surface area (Å²) in [4.78, 5) is 25.1. The molecule has 19 heavy (non-hydrogen) atoms. The van der Waals surface area contributed by atoms with Gasteiger partial charge >= 0.3 is 5.69 Å². The van der Waals surface area contributed by atoms with Crippen LogP contribution in [0.25, 0.3) is 0 Å². The van der Waals surface area contributed by atoms with Crippen LogP contribution in [0, 0.1) is 6.92 Å². The van der Waals surface area contributed by atoms with Crippen molar-refractivity contribution in [1.82, 2.24) is 9.55 Å². The molecule has 106 valence electrons. The van der Waals surface area contributed by atoms with Crippen molar-refractivity contribution in [1.29, 1.82) is 0 Å². The van der Waals surface area contributed by atoms with Crippen LogP contribution in [-0.4, -0.2) is 49.3 Å². The number of aliphatic hydroxyl groups is 3. The predicted molar refractivity (Wildman–Crippen MR) is 63.7 cm³/mol. The highest BCUT2D eigenvalue weighted by molar-refractivity contribution is 5.05. The van der Waals surface area contributed by atoms with Gasteiger partial charge in [-0.3, -0.25) is 14.3 Å². The molecular formula is C11H16N2O6. The van der Waals surface area contributed by atoms with E-state index in [1.807, 2.05) is 0 Å². The predicted octanol–water partition coefficient (Wildman–Crippen LogP) is -2.15. The van der Waals surface area contributed by atoms with Crippen molar-refractivity contribution in [3.63, 3.8) is 0 Å². The maximum atomic E-state index is 11.7. The molecule has 1 aromatic heterocycles. The monoisotopic (exact) mass is 272 g/mol. The fourth-order valence-electron chi connectivity index (χ4n) is 2.08. The Labute approximate surface area is 107 Å². The molecule has 0 radical (unpaired) electrons. The van der Waals surface area contributed by atoms with Crippen LogP contribution >= 0.6 is 0 Å². The molecule has 0 aliphatic carbocycles. The third kappa shape index (κ3) is 2.12. The van der Waals surface area contributed by atoms with E-state index < -0.39 is 41.9 Å². The molecule has 0 unspecified atom stereocenters. The highest BCUT2D eigenvalue weighted by Crippen LogP contribution is 2.35. The summed E-state index contributed by atoms with van der Waals surface area (Å²) in [7, 11) is 0. The number of H-pyrrole nitrogens is 1. The molecular weight excluding hydrogens is 256 g/mol. The van der Waals surface area contributed by atoms with Crippen molar-refractivity contribution >= 4 is 0 Å². The minimum absolute atomic E-state index is 0.266. The summed E-state index contributed by atoms with van der Waals surface area (Å²) < 4.78 is 6.28. The molecule has 2 rings (SSSR count). The average Bonchev–Trinajstić information content (AvgIpc) is 2.56. The largest absolute Gasteiger partial charge is 0.394 e. The van der Waals surface area contributed by atoms with E-state index in [2.05, 4.69) is 4.98 Å². The van der Waals surface area contributed by atoms with E-state index in [-0.39, 0.29) is 5.56 Å². The van der Waals surface area contributed by atoms with Crippen LogP contribution in [0.1, 0.15) is 18.7 Å². The van der Waals surface area contributed by atoms with Gasteiger partial charge in [0.1, 0.15) is 17.8 Å². The highest BCUT2D eigenvalue weighted by atomic mass is 16.6. The van der Waals surface area contributed by atoms with Gasteiger partial charge in [-0.05, 0) is 13.8 Å². The van der Waals surface area contributed by atoms with Crippen LogP contribution in [0.5, 0.6) is 0 Å². The van der Waals surface area contributed by atoms with Crippen LogP contribution in [0.4, 0.5) is 0 Å². The van der Waals surface area contributed by atoms with Gasteiger partial charge in [-0.15, -0.1) is 0 Å². The Morgan fingerprint density at radius 1 is 1.53 bits per heavy atom. The Morgan fingerprint density at radius 3 is 2.68 bits per heavy atom. The average molecular weight is 272 g/mol. The Hall–Kier alpha value is -1.48. The molecule has 1 fully saturated rings. The van der Waals surface area contributed by atoms with Crippen LogP contribution in [0.2, 0.25) is 0 Å². The Balaban J connectivity index is 2.47. The lowest BCUT2D eigenvalue weighted by molar-refractivity contribution is -0.0807. The Bertz CT molecular complexity index is 590. The third-order valence-corrected chi connectivity index (χ3v) is 3.41. The lowest BCUT2D eigenvalue weighted by Gasteiger charge is -2.25. The molecule has 1 aromatic rings. The molecule has 4 atom stereocenters. The first-order valence-corrected chi connectivity index (χ1v) is 5.78. The second-order valence-electron chi connectivity index (χ2n) is 4.85. The first-order valence-electron chi connectivity index (χ1n) is 5.78. The molecule has 4 N–H and O–H groups in total. The van der Waals surface area contributed by atoms with Gasteiger partial charge in [0.05, 0.1) is 6.61 Å². The molecule has 0 spiro atoms. The molecule has 0 aromatic carbocycles. The molecule has 1 aliphatic rings. The zero-order valence-electron chi connectivity index (χ0n) is 10.5. The molecule has 0 saturated carbocycles. The van der Waals surface area contributed by atoms with Gasteiger partial charge in [-0.2, -0.15) is 0 Å². The fourth-order valence-corrected chi connectivity index (χ4v) is 2.08. The summed E-state index contributed by atoms with van der Waals surface area (Å²) in [6, 6.07) is 0. The SMILES string of the molecule is Cc1cn([C@@H]2O[C@H](CO)[C@@](C)(O)[C@H]2O)c(=O)[nH]c1=O. The molecule has 1 aliphatic heterocycles. The lowest BCUT2D eigenvalue weighted by atomic mass is 9.95. The topological polar surface area (TPSA) is 125 Å². The number of aromatic amines is 1. The first-order chi connectivity index (χ1) is 8.78. The molecule has 1 saturated heterocycles. The number of aryl methyl sites for hydroxylation is 1. The van der Waals surface area contributed by atoms with Gasteiger partial charge in [0, 0.05) is 11.8 Å². The van der Waals surface area contributed by atoms with Crippen molar-refractivity contribution < 1.29 is 20.1 Å². The Morgan fingerprint density at radius 2 is 2.16 bits per heavy atom. The van der Waals surface area contributed by atoms with Crippen molar-refractivity contribution in [3.8, 4) is 0 Å². The second-order valence-corrected chi connectivity index (χ2v) is 4.85. The number of ether oxygens (including phenoxy) is 1. The standard InChI is InChI=1S/C11H16N2O6/c1-5-3-13(10(17)12-8(5)16)9-7(15)11(2,18)6(4-14)19-9/h3,6-7,9,14-15,18H,4H2,1-2H3,(H,12,16,17)/t6-,7+,9-,11-/m1/s1. The summed E-state index contributed by atoms with van der Waals surface area (Å²) in [5.74, 6) is 0. The number of rotatable bonds is 2. The molecule has 2 heterocycles. The molecule has 0 amide bonds. The summed E-state index contributed by atoms with van der Waals surface area (Å²) in [6.07, 6.45) is -2.36. The van der Waals surface area contributed by atoms with Gasteiger partial charge < -0.3 is 20.1 Å². The van der Waals surface area contributed by atoms with Crippen molar-refractivity contribution in [2.75, 3.05) is 6.61 Å². The van der Waals surface area contributed by atoms with E-state index in [1.54, 1.807) is 0 Å². The molecule has 8 heteroatoms. The van der Waals surface area contributed by atoms with Crippen LogP contribution < -0.4 is 11.2 Å². The number of nitrogens with one attached hydrogen (secondary N) is 1. The van der Waals surface area contributed by atoms with E-state index >= 15 is 0 Å². The molecule has 0 bridgehead atoms.